The van der Waals surface area contributed by atoms with Crippen molar-refractivity contribution in [1.29, 1.82) is 0 Å². The fourth-order valence-corrected chi connectivity index (χ4v) is 1.75. The number of nitrogens with one attached hydrogen (secondary N) is 1. The van der Waals surface area contributed by atoms with Crippen LogP contribution in [-0.2, 0) is 18.4 Å². The van der Waals surface area contributed by atoms with E-state index in [-0.39, 0.29) is 5.91 Å². The quantitative estimate of drug-likeness (QED) is 0.766. The first-order chi connectivity index (χ1) is 7.72. The highest BCUT2D eigenvalue weighted by atomic mass is 16.1. The number of aromatic nitrogens is 2. The average molecular weight is 217 g/mol. The molecule has 0 spiro atoms. The van der Waals surface area contributed by atoms with Gasteiger partial charge >= 0.3 is 0 Å². The van der Waals surface area contributed by atoms with Crippen LogP contribution in [0.25, 0.3) is 0 Å². The van der Waals surface area contributed by atoms with Crippen LogP contribution in [0.4, 0.5) is 0 Å². The van der Waals surface area contributed by atoms with Gasteiger partial charge in [-0.25, -0.2) is 0 Å². The molecule has 0 radical (unpaired) electrons. The molecule has 84 valence electrons. The van der Waals surface area contributed by atoms with Crippen LogP contribution in [0.3, 0.4) is 0 Å². The van der Waals surface area contributed by atoms with Crippen molar-refractivity contribution in [3.05, 3.63) is 17.5 Å². The van der Waals surface area contributed by atoms with Crippen LogP contribution in [-0.4, -0.2) is 15.7 Å². The van der Waals surface area contributed by atoms with E-state index in [2.05, 4.69) is 22.3 Å². The molecule has 1 fully saturated rings. The molecule has 1 aromatic rings. The molecule has 0 saturated heterocycles. The van der Waals surface area contributed by atoms with Crippen molar-refractivity contribution in [2.75, 3.05) is 0 Å². The van der Waals surface area contributed by atoms with Gasteiger partial charge in [0.05, 0.1) is 18.4 Å². The van der Waals surface area contributed by atoms with Crippen LogP contribution in [0.5, 0.6) is 0 Å². The SMILES string of the molecule is CC#CC(=O)NCc1c(C2CC2)cnn1C. The van der Waals surface area contributed by atoms with Crippen LogP contribution in [0.1, 0.15) is 36.9 Å². The molecular weight excluding hydrogens is 202 g/mol. The Morgan fingerprint density at radius 1 is 1.69 bits per heavy atom. The lowest BCUT2D eigenvalue weighted by Crippen LogP contribution is -2.22. The van der Waals surface area contributed by atoms with Crippen molar-refractivity contribution in [1.82, 2.24) is 15.1 Å². The van der Waals surface area contributed by atoms with Crippen molar-refractivity contribution in [3.8, 4) is 11.8 Å². The van der Waals surface area contributed by atoms with E-state index in [0.29, 0.717) is 12.5 Å². The molecule has 4 heteroatoms. The van der Waals surface area contributed by atoms with E-state index in [4.69, 9.17) is 0 Å². The highest BCUT2D eigenvalue weighted by Crippen LogP contribution is 2.41. The van der Waals surface area contributed by atoms with E-state index in [0.717, 1.165) is 5.69 Å². The maximum Gasteiger partial charge on any atom is 0.296 e. The number of amides is 1. The molecule has 0 aromatic carbocycles. The predicted octanol–water partition coefficient (Wildman–Crippen LogP) is 0.937. The lowest BCUT2D eigenvalue weighted by Gasteiger charge is -2.05. The van der Waals surface area contributed by atoms with Crippen LogP contribution in [0.2, 0.25) is 0 Å². The van der Waals surface area contributed by atoms with Crippen molar-refractivity contribution in [2.45, 2.75) is 32.2 Å². The summed E-state index contributed by atoms with van der Waals surface area (Å²) in [5.41, 5.74) is 2.36. The van der Waals surface area contributed by atoms with E-state index in [1.54, 1.807) is 6.92 Å². The molecule has 0 unspecified atom stereocenters. The number of hydrogen-bond donors (Lipinski definition) is 1. The highest BCUT2D eigenvalue weighted by Gasteiger charge is 2.28. The zero-order chi connectivity index (χ0) is 11.5. The summed E-state index contributed by atoms with van der Waals surface area (Å²) < 4.78 is 1.83. The minimum atomic E-state index is -0.231. The molecular formula is C12H15N3O. The zero-order valence-corrected chi connectivity index (χ0v) is 9.58. The lowest BCUT2D eigenvalue weighted by molar-refractivity contribution is -0.115. The molecule has 16 heavy (non-hydrogen) atoms. The number of carbonyl (C=O) groups is 1. The minimum absolute atomic E-state index is 0.231. The van der Waals surface area contributed by atoms with E-state index >= 15 is 0 Å². The Bertz CT molecular complexity index is 460. The molecule has 1 aliphatic rings. The van der Waals surface area contributed by atoms with Gasteiger partial charge in [0.25, 0.3) is 5.91 Å². The summed E-state index contributed by atoms with van der Waals surface area (Å²) in [6.45, 7) is 2.16. The zero-order valence-electron chi connectivity index (χ0n) is 9.58. The second-order valence-corrected chi connectivity index (χ2v) is 4.00. The number of rotatable bonds is 3. The third-order valence-corrected chi connectivity index (χ3v) is 2.77. The Hall–Kier alpha value is -1.76. The Labute approximate surface area is 95.0 Å². The summed E-state index contributed by atoms with van der Waals surface area (Å²) in [4.78, 5) is 11.2. The molecule has 0 aliphatic heterocycles. The maximum absolute atomic E-state index is 11.2. The van der Waals surface area contributed by atoms with E-state index < -0.39 is 0 Å². The lowest BCUT2D eigenvalue weighted by atomic mass is 10.1. The molecule has 0 atom stereocenters. The standard InChI is InChI=1S/C12H15N3O/c1-3-4-12(16)13-8-11-10(9-5-6-9)7-14-15(11)2/h7,9H,5-6,8H2,1-2H3,(H,13,16). The molecule has 1 aromatic heterocycles. The topological polar surface area (TPSA) is 46.9 Å². The van der Waals surface area contributed by atoms with Crippen molar-refractivity contribution in [3.63, 3.8) is 0 Å². The monoisotopic (exact) mass is 217 g/mol. The summed E-state index contributed by atoms with van der Waals surface area (Å²) in [6.07, 6.45) is 4.38. The first-order valence-electron chi connectivity index (χ1n) is 5.43. The van der Waals surface area contributed by atoms with Gasteiger partial charge in [-0.3, -0.25) is 9.48 Å². The number of nitrogens with zero attached hydrogens (tertiary/aromatic N) is 2. The van der Waals surface area contributed by atoms with Crippen LogP contribution in [0.15, 0.2) is 6.20 Å². The van der Waals surface area contributed by atoms with Gasteiger partial charge in [-0.1, -0.05) is 5.92 Å². The fraction of sp³-hybridized carbons (Fsp3) is 0.500. The van der Waals surface area contributed by atoms with E-state index in [1.807, 2.05) is 17.9 Å². The van der Waals surface area contributed by atoms with E-state index in [9.17, 15) is 4.79 Å². The largest absolute Gasteiger partial charge is 0.340 e. The van der Waals surface area contributed by atoms with Gasteiger partial charge in [0.1, 0.15) is 0 Å². The summed E-state index contributed by atoms with van der Waals surface area (Å²) in [5.74, 6) is 5.46. The van der Waals surface area contributed by atoms with Crippen molar-refractivity contribution < 1.29 is 4.79 Å². The summed E-state index contributed by atoms with van der Waals surface area (Å²) in [6, 6.07) is 0. The second-order valence-electron chi connectivity index (χ2n) is 4.00. The van der Waals surface area contributed by atoms with Crippen molar-refractivity contribution in [2.24, 2.45) is 7.05 Å². The fourth-order valence-electron chi connectivity index (χ4n) is 1.75. The molecule has 2 rings (SSSR count). The van der Waals surface area contributed by atoms with Gasteiger partial charge in [-0.2, -0.15) is 5.10 Å². The third kappa shape index (κ3) is 2.25. The Morgan fingerprint density at radius 3 is 3.06 bits per heavy atom. The maximum atomic E-state index is 11.2. The normalized spacial score (nSPS) is 14.1. The van der Waals surface area contributed by atoms with Gasteiger partial charge in [0.15, 0.2) is 0 Å². The summed E-state index contributed by atoms with van der Waals surface area (Å²) in [5, 5.41) is 7.01. The average Bonchev–Trinajstić information content (AvgIpc) is 3.02. The summed E-state index contributed by atoms with van der Waals surface area (Å²) >= 11 is 0. The number of carbonyl (C=O) groups excluding carboxylic acids is 1. The van der Waals surface area contributed by atoms with E-state index in [1.165, 1.54) is 18.4 Å². The molecule has 1 amide bonds. The molecule has 0 bridgehead atoms. The van der Waals surface area contributed by atoms with Gasteiger partial charge in [0.2, 0.25) is 0 Å². The first-order valence-corrected chi connectivity index (χ1v) is 5.43. The molecule has 1 N–H and O–H groups in total. The predicted molar refractivity (Wildman–Crippen MR) is 60.5 cm³/mol. The third-order valence-electron chi connectivity index (χ3n) is 2.77. The number of aryl methyl sites for hydroxylation is 1. The van der Waals surface area contributed by atoms with Crippen LogP contribution < -0.4 is 5.32 Å². The van der Waals surface area contributed by atoms with Crippen LogP contribution in [0, 0.1) is 11.8 Å². The molecule has 1 aliphatic carbocycles. The molecule has 1 heterocycles. The van der Waals surface area contributed by atoms with Gasteiger partial charge in [-0.05, 0) is 37.2 Å². The van der Waals surface area contributed by atoms with Crippen LogP contribution >= 0.6 is 0 Å². The summed E-state index contributed by atoms with van der Waals surface area (Å²) in [7, 11) is 1.90. The Kier molecular flexibility index (Phi) is 2.95. The molecule has 1 saturated carbocycles. The van der Waals surface area contributed by atoms with Gasteiger partial charge in [0, 0.05) is 7.05 Å². The first kappa shape index (κ1) is 10.7. The van der Waals surface area contributed by atoms with Crippen molar-refractivity contribution >= 4 is 5.91 Å². The van der Waals surface area contributed by atoms with Gasteiger partial charge in [-0.15, -0.1) is 0 Å². The van der Waals surface area contributed by atoms with Gasteiger partial charge < -0.3 is 5.32 Å². The minimum Gasteiger partial charge on any atom is -0.340 e. The Balaban J connectivity index is 2.04. The highest BCUT2D eigenvalue weighted by molar-refractivity contribution is 5.93. The second kappa shape index (κ2) is 4.40. The smallest absolute Gasteiger partial charge is 0.296 e. The Morgan fingerprint density at radius 2 is 2.44 bits per heavy atom. The molecule has 4 nitrogen and oxygen atoms in total. The number of hydrogen-bond acceptors (Lipinski definition) is 2.